The normalized spacial score (nSPS) is 9.75. The minimum absolute atomic E-state index is 0.140. The maximum absolute atomic E-state index is 11.4. The topological polar surface area (TPSA) is 52.6 Å². The molecule has 16 heavy (non-hydrogen) atoms. The fourth-order valence-corrected chi connectivity index (χ4v) is 1.52. The van der Waals surface area contributed by atoms with Gasteiger partial charge >= 0.3 is 5.97 Å². The summed E-state index contributed by atoms with van der Waals surface area (Å²) in [6.45, 7) is 1.36. The molecule has 0 aromatic heterocycles. The second kappa shape index (κ2) is 4.99. The van der Waals surface area contributed by atoms with Crippen LogP contribution in [0.15, 0.2) is 12.1 Å². The van der Waals surface area contributed by atoms with Crippen LogP contribution in [0.5, 0.6) is 5.75 Å². The van der Waals surface area contributed by atoms with Crippen LogP contribution in [-0.4, -0.2) is 26.0 Å². The Labute approximate surface area is 98.1 Å². The maximum atomic E-state index is 11.4. The number of methoxy groups -OCH3 is 2. The Morgan fingerprint density at radius 3 is 2.25 bits per heavy atom. The zero-order valence-corrected chi connectivity index (χ0v) is 9.92. The molecule has 0 N–H and O–H groups in total. The van der Waals surface area contributed by atoms with Crippen LogP contribution in [0.4, 0.5) is 0 Å². The van der Waals surface area contributed by atoms with Gasteiger partial charge in [0, 0.05) is 5.56 Å². The van der Waals surface area contributed by atoms with E-state index in [4.69, 9.17) is 16.3 Å². The lowest BCUT2D eigenvalue weighted by atomic mass is 10.0. The average Bonchev–Trinajstić information content (AvgIpc) is 2.27. The van der Waals surface area contributed by atoms with Crippen LogP contribution >= 0.6 is 11.6 Å². The predicted molar refractivity (Wildman–Crippen MR) is 59.3 cm³/mol. The molecule has 0 heterocycles. The number of hydrogen-bond acceptors (Lipinski definition) is 4. The molecule has 0 aliphatic carbocycles. The van der Waals surface area contributed by atoms with Gasteiger partial charge in [-0.1, -0.05) is 11.6 Å². The van der Waals surface area contributed by atoms with Crippen molar-refractivity contribution in [3.8, 4) is 5.75 Å². The third kappa shape index (κ3) is 2.33. The molecule has 4 nitrogen and oxygen atoms in total. The van der Waals surface area contributed by atoms with Gasteiger partial charge in [-0.05, 0) is 19.1 Å². The lowest BCUT2D eigenvalue weighted by Crippen LogP contribution is -2.09. The number of ether oxygens (including phenoxy) is 2. The molecule has 1 rings (SSSR count). The molecule has 0 saturated heterocycles. The molecule has 0 spiro atoms. The average molecular weight is 243 g/mol. The van der Waals surface area contributed by atoms with Crippen molar-refractivity contribution in [2.45, 2.75) is 6.92 Å². The van der Waals surface area contributed by atoms with E-state index in [1.165, 1.54) is 33.3 Å². The molecule has 0 saturated carbocycles. The van der Waals surface area contributed by atoms with E-state index >= 15 is 0 Å². The first-order valence-corrected chi connectivity index (χ1v) is 4.85. The molecule has 0 aliphatic rings. The quantitative estimate of drug-likeness (QED) is 0.603. The minimum Gasteiger partial charge on any atom is -0.495 e. The number of halogens is 1. The SMILES string of the molecule is COC(=O)c1cc(Cl)c(OC)cc1C(C)=O. The van der Waals surface area contributed by atoms with E-state index in [1.807, 2.05) is 0 Å². The molecule has 0 amide bonds. The summed E-state index contributed by atoms with van der Waals surface area (Å²) < 4.78 is 9.53. The highest BCUT2D eigenvalue weighted by molar-refractivity contribution is 6.32. The summed E-state index contributed by atoms with van der Waals surface area (Å²) in [7, 11) is 2.67. The van der Waals surface area contributed by atoms with Crippen LogP contribution in [0, 0.1) is 0 Å². The lowest BCUT2D eigenvalue weighted by molar-refractivity contribution is 0.0597. The van der Waals surface area contributed by atoms with Gasteiger partial charge in [0.2, 0.25) is 0 Å². The Bertz CT molecular complexity index is 440. The molecule has 1 aromatic rings. The first-order chi connectivity index (χ1) is 7.51. The van der Waals surface area contributed by atoms with Gasteiger partial charge in [-0.25, -0.2) is 4.79 Å². The van der Waals surface area contributed by atoms with Crippen LogP contribution in [-0.2, 0) is 4.74 Å². The van der Waals surface area contributed by atoms with Crippen LogP contribution < -0.4 is 4.74 Å². The van der Waals surface area contributed by atoms with E-state index in [0.717, 1.165) is 0 Å². The van der Waals surface area contributed by atoms with Crippen LogP contribution in [0.25, 0.3) is 0 Å². The standard InChI is InChI=1S/C11H11ClO4/c1-6(13)7-5-10(15-2)9(12)4-8(7)11(14)16-3/h4-5H,1-3H3. The highest BCUT2D eigenvalue weighted by atomic mass is 35.5. The summed E-state index contributed by atoms with van der Waals surface area (Å²) >= 11 is 5.86. The van der Waals surface area contributed by atoms with E-state index < -0.39 is 5.97 Å². The fraction of sp³-hybridized carbons (Fsp3) is 0.273. The van der Waals surface area contributed by atoms with E-state index in [1.54, 1.807) is 0 Å². The highest BCUT2D eigenvalue weighted by Crippen LogP contribution is 2.28. The molecule has 0 bridgehead atoms. The maximum Gasteiger partial charge on any atom is 0.338 e. The summed E-state index contributed by atoms with van der Waals surface area (Å²) in [6, 6.07) is 2.79. The minimum atomic E-state index is -0.602. The Kier molecular flexibility index (Phi) is 3.90. The third-order valence-electron chi connectivity index (χ3n) is 2.08. The van der Waals surface area contributed by atoms with Crippen molar-refractivity contribution in [1.29, 1.82) is 0 Å². The first-order valence-electron chi connectivity index (χ1n) is 4.48. The van der Waals surface area contributed by atoms with Gasteiger partial charge in [-0.2, -0.15) is 0 Å². The van der Waals surface area contributed by atoms with Crippen molar-refractivity contribution in [2.24, 2.45) is 0 Å². The van der Waals surface area contributed by atoms with Crippen molar-refractivity contribution >= 4 is 23.4 Å². The van der Waals surface area contributed by atoms with Crippen LogP contribution in [0.1, 0.15) is 27.6 Å². The van der Waals surface area contributed by atoms with Gasteiger partial charge in [0.15, 0.2) is 5.78 Å². The van der Waals surface area contributed by atoms with Crippen LogP contribution in [0.3, 0.4) is 0 Å². The second-order valence-electron chi connectivity index (χ2n) is 3.08. The molecule has 0 fully saturated rings. The van der Waals surface area contributed by atoms with E-state index in [9.17, 15) is 9.59 Å². The number of ketones is 1. The molecule has 0 radical (unpaired) electrons. The Morgan fingerprint density at radius 2 is 1.81 bits per heavy atom. The summed E-state index contributed by atoms with van der Waals surface area (Å²) in [5.41, 5.74) is 0.369. The number of benzene rings is 1. The van der Waals surface area contributed by atoms with Gasteiger partial charge in [-0.3, -0.25) is 4.79 Å². The van der Waals surface area contributed by atoms with Gasteiger partial charge in [-0.15, -0.1) is 0 Å². The molecule has 0 aliphatic heterocycles. The summed E-state index contributed by atoms with van der Waals surface area (Å²) in [6.07, 6.45) is 0. The molecule has 0 atom stereocenters. The Morgan fingerprint density at radius 1 is 1.19 bits per heavy atom. The molecule has 5 heteroatoms. The third-order valence-corrected chi connectivity index (χ3v) is 2.37. The summed E-state index contributed by atoms with van der Waals surface area (Å²) in [5, 5.41) is 0.257. The Hall–Kier alpha value is -1.55. The molecular weight excluding hydrogens is 232 g/mol. The zero-order chi connectivity index (χ0) is 12.3. The zero-order valence-electron chi connectivity index (χ0n) is 9.17. The second-order valence-corrected chi connectivity index (χ2v) is 3.49. The number of hydrogen-bond donors (Lipinski definition) is 0. The predicted octanol–water partition coefficient (Wildman–Crippen LogP) is 2.34. The van der Waals surface area contributed by atoms with Crippen molar-refractivity contribution in [3.63, 3.8) is 0 Å². The number of rotatable bonds is 3. The molecular formula is C11H11ClO4. The van der Waals surface area contributed by atoms with Gasteiger partial charge in [0.1, 0.15) is 5.75 Å². The highest BCUT2D eigenvalue weighted by Gasteiger charge is 2.18. The van der Waals surface area contributed by atoms with Crippen molar-refractivity contribution < 1.29 is 19.1 Å². The lowest BCUT2D eigenvalue weighted by Gasteiger charge is -2.09. The first kappa shape index (κ1) is 12.5. The number of carbonyl (C=O) groups excluding carboxylic acids is 2. The van der Waals surface area contributed by atoms with Gasteiger partial charge in [0.05, 0.1) is 24.8 Å². The van der Waals surface area contributed by atoms with Crippen LogP contribution in [0.2, 0.25) is 5.02 Å². The van der Waals surface area contributed by atoms with Crippen molar-refractivity contribution in [3.05, 3.63) is 28.3 Å². The van der Waals surface area contributed by atoms with E-state index in [2.05, 4.69) is 4.74 Å². The number of esters is 1. The molecule has 0 unspecified atom stereocenters. The number of Topliss-reactive ketones (excluding diaryl/α,β-unsaturated/α-hetero) is 1. The molecule has 86 valence electrons. The summed E-state index contributed by atoms with van der Waals surface area (Å²) in [5.74, 6) is -0.510. The fourth-order valence-electron chi connectivity index (χ4n) is 1.28. The van der Waals surface area contributed by atoms with Gasteiger partial charge in [0.25, 0.3) is 0 Å². The van der Waals surface area contributed by atoms with E-state index in [-0.39, 0.29) is 21.9 Å². The molecule has 1 aromatic carbocycles. The summed E-state index contributed by atoms with van der Waals surface area (Å²) in [4.78, 5) is 22.8. The Balaban J connectivity index is 3.42. The number of carbonyl (C=O) groups is 2. The van der Waals surface area contributed by atoms with Crippen molar-refractivity contribution in [2.75, 3.05) is 14.2 Å². The van der Waals surface area contributed by atoms with Gasteiger partial charge < -0.3 is 9.47 Å². The van der Waals surface area contributed by atoms with Crippen molar-refractivity contribution in [1.82, 2.24) is 0 Å². The van der Waals surface area contributed by atoms with E-state index in [0.29, 0.717) is 5.75 Å². The monoisotopic (exact) mass is 242 g/mol. The smallest absolute Gasteiger partial charge is 0.338 e. The largest absolute Gasteiger partial charge is 0.495 e.